The maximum absolute atomic E-state index is 11.1. The number of nitrogens with zero attached hydrogens (tertiary/aromatic N) is 3. The zero-order valence-electron chi connectivity index (χ0n) is 11.3. The van der Waals surface area contributed by atoms with E-state index in [2.05, 4.69) is 20.3 Å². The van der Waals surface area contributed by atoms with Crippen molar-refractivity contribution in [1.82, 2.24) is 10.3 Å². The summed E-state index contributed by atoms with van der Waals surface area (Å²) in [6.45, 7) is 2.10. The van der Waals surface area contributed by atoms with Gasteiger partial charge in [0.15, 0.2) is 5.52 Å². The SMILES string of the molecule is CCCC(CNc1ccc([N+](=O)[O-])c2nonc12)C(=O)O. The number of carboxylic acids is 1. The van der Waals surface area contributed by atoms with E-state index in [1.807, 2.05) is 6.92 Å². The van der Waals surface area contributed by atoms with Crippen LogP contribution in [0.3, 0.4) is 0 Å². The highest BCUT2D eigenvalue weighted by Gasteiger charge is 2.21. The topological polar surface area (TPSA) is 131 Å². The maximum Gasteiger partial charge on any atom is 0.308 e. The van der Waals surface area contributed by atoms with E-state index in [4.69, 9.17) is 5.11 Å². The molecule has 1 unspecified atom stereocenters. The molecule has 9 nitrogen and oxygen atoms in total. The van der Waals surface area contributed by atoms with Gasteiger partial charge in [-0.25, -0.2) is 4.63 Å². The molecule has 0 radical (unpaired) electrons. The molecule has 0 aliphatic heterocycles. The van der Waals surface area contributed by atoms with E-state index in [0.29, 0.717) is 12.1 Å². The number of carbonyl (C=O) groups is 1. The Balaban J connectivity index is 2.23. The van der Waals surface area contributed by atoms with E-state index in [1.54, 1.807) is 0 Å². The molecular formula is C12H14N4O5. The van der Waals surface area contributed by atoms with Crippen LogP contribution in [0.5, 0.6) is 0 Å². The average Bonchev–Trinajstić information content (AvgIpc) is 2.91. The number of rotatable bonds is 7. The summed E-state index contributed by atoms with van der Waals surface area (Å²) in [5, 5.41) is 30.0. The molecule has 0 spiro atoms. The van der Waals surface area contributed by atoms with Crippen LogP contribution >= 0.6 is 0 Å². The van der Waals surface area contributed by atoms with Gasteiger partial charge in [0.2, 0.25) is 5.52 Å². The first-order valence-electron chi connectivity index (χ1n) is 6.41. The van der Waals surface area contributed by atoms with Crippen molar-refractivity contribution in [2.45, 2.75) is 19.8 Å². The third-order valence-electron chi connectivity index (χ3n) is 3.12. The Hall–Kier alpha value is -2.71. The van der Waals surface area contributed by atoms with Crippen molar-refractivity contribution < 1.29 is 19.5 Å². The Bertz CT molecular complexity index is 669. The lowest BCUT2D eigenvalue weighted by Gasteiger charge is -2.13. The third-order valence-corrected chi connectivity index (χ3v) is 3.12. The van der Waals surface area contributed by atoms with Crippen LogP contribution < -0.4 is 5.32 Å². The van der Waals surface area contributed by atoms with Gasteiger partial charge in [-0.2, -0.15) is 0 Å². The second-order valence-electron chi connectivity index (χ2n) is 4.56. The molecule has 0 aliphatic carbocycles. The summed E-state index contributed by atoms with van der Waals surface area (Å²) in [6.07, 6.45) is 1.29. The number of nitro benzene ring substituents is 1. The van der Waals surface area contributed by atoms with Crippen LogP contribution in [0.25, 0.3) is 11.0 Å². The summed E-state index contributed by atoms with van der Waals surface area (Å²) in [6, 6.07) is 2.75. The highest BCUT2D eigenvalue weighted by Crippen LogP contribution is 2.28. The molecule has 2 rings (SSSR count). The van der Waals surface area contributed by atoms with Gasteiger partial charge in [0, 0.05) is 12.6 Å². The normalized spacial score (nSPS) is 12.2. The molecule has 112 valence electrons. The van der Waals surface area contributed by atoms with Crippen molar-refractivity contribution in [3.63, 3.8) is 0 Å². The van der Waals surface area contributed by atoms with Crippen LogP contribution in [-0.2, 0) is 4.79 Å². The average molecular weight is 294 g/mol. The highest BCUT2D eigenvalue weighted by molar-refractivity contribution is 5.93. The standard InChI is InChI=1S/C12H14N4O5/c1-2-3-7(12(17)18)6-13-8-4-5-9(16(19)20)11-10(8)14-21-15-11/h4-5,7,13H,2-3,6H2,1H3,(H,17,18). The van der Waals surface area contributed by atoms with Crippen LogP contribution in [0.2, 0.25) is 0 Å². The summed E-state index contributed by atoms with van der Waals surface area (Å²) in [5.41, 5.74) is 0.497. The summed E-state index contributed by atoms with van der Waals surface area (Å²) in [4.78, 5) is 21.4. The molecule has 1 aromatic carbocycles. The molecule has 0 aliphatic rings. The number of non-ortho nitro benzene ring substituents is 1. The molecule has 1 aromatic heterocycles. The second kappa shape index (κ2) is 6.16. The van der Waals surface area contributed by atoms with Crippen LogP contribution in [-0.4, -0.2) is 32.9 Å². The number of hydrogen-bond acceptors (Lipinski definition) is 7. The molecule has 0 saturated heterocycles. The van der Waals surface area contributed by atoms with Crippen molar-refractivity contribution >= 4 is 28.4 Å². The van der Waals surface area contributed by atoms with E-state index >= 15 is 0 Å². The van der Waals surface area contributed by atoms with Gasteiger partial charge in [0.05, 0.1) is 16.5 Å². The van der Waals surface area contributed by atoms with Gasteiger partial charge in [-0.15, -0.1) is 0 Å². The first-order chi connectivity index (χ1) is 10.0. The molecule has 0 amide bonds. The van der Waals surface area contributed by atoms with Gasteiger partial charge >= 0.3 is 11.7 Å². The van der Waals surface area contributed by atoms with E-state index in [0.717, 1.165) is 6.42 Å². The lowest BCUT2D eigenvalue weighted by Crippen LogP contribution is -2.22. The van der Waals surface area contributed by atoms with Crippen LogP contribution in [0.4, 0.5) is 11.4 Å². The number of nitro groups is 1. The lowest BCUT2D eigenvalue weighted by atomic mass is 10.0. The lowest BCUT2D eigenvalue weighted by molar-refractivity contribution is -0.383. The van der Waals surface area contributed by atoms with E-state index in [9.17, 15) is 14.9 Å². The minimum Gasteiger partial charge on any atom is -0.481 e. The van der Waals surface area contributed by atoms with Crippen molar-refractivity contribution in [1.29, 1.82) is 0 Å². The predicted octanol–water partition coefficient (Wildman–Crippen LogP) is 2.04. The zero-order valence-corrected chi connectivity index (χ0v) is 11.3. The van der Waals surface area contributed by atoms with E-state index in [1.165, 1.54) is 12.1 Å². The number of aliphatic carboxylic acids is 1. The van der Waals surface area contributed by atoms with Crippen LogP contribution in [0.1, 0.15) is 19.8 Å². The summed E-state index contributed by atoms with van der Waals surface area (Å²) < 4.78 is 4.54. The van der Waals surface area contributed by atoms with Crippen molar-refractivity contribution in [2.75, 3.05) is 11.9 Å². The number of benzene rings is 1. The summed E-state index contributed by atoms with van der Waals surface area (Å²) >= 11 is 0. The number of carboxylic acid groups (broad SMARTS) is 1. The monoisotopic (exact) mass is 294 g/mol. The summed E-state index contributed by atoms with van der Waals surface area (Å²) in [7, 11) is 0. The Morgan fingerprint density at radius 3 is 2.81 bits per heavy atom. The van der Waals surface area contributed by atoms with Crippen LogP contribution in [0.15, 0.2) is 16.8 Å². The predicted molar refractivity (Wildman–Crippen MR) is 73.0 cm³/mol. The zero-order chi connectivity index (χ0) is 15.4. The molecule has 9 heteroatoms. The van der Waals surface area contributed by atoms with Gasteiger partial charge in [-0.3, -0.25) is 14.9 Å². The first-order valence-corrected chi connectivity index (χ1v) is 6.41. The molecular weight excluding hydrogens is 280 g/mol. The van der Waals surface area contributed by atoms with Gasteiger partial charge in [0.1, 0.15) is 0 Å². The third kappa shape index (κ3) is 3.07. The number of nitrogens with one attached hydrogen (secondary N) is 1. The number of fused-ring (bicyclic) bond motifs is 1. The minimum absolute atomic E-state index is 0.0346. The van der Waals surface area contributed by atoms with Gasteiger partial charge < -0.3 is 10.4 Å². The Kier molecular flexibility index (Phi) is 4.31. The Morgan fingerprint density at radius 1 is 1.48 bits per heavy atom. The van der Waals surface area contributed by atoms with Gasteiger partial charge in [0.25, 0.3) is 0 Å². The smallest absolute Gasteiger partial charge is 0.308 e. The first kappa shape index (κ1) is 14.7. The fraction of sp³-hybridized carbons (Fsp3) is 0.417. The number of hydrogen-bond donors (Lipinski definition) is 2. The summed E-state index contributed by atoms with van der Waals surface area (Å²) in [5.74, 6) is -1.43. The molecule has 1 heterocycles. The second-order valence-corrected chi connectivity index (χ2v) is 4.56. The largest absolute Gasteiger partial charge is 0.481 e. The quantitative estimate of drug-likeness (QED) is 0.585. The number of anilines is 1. The Labute approximate surface area is 119 Å². The molecule has 1 atom stereocenters. The fourth-order valence-electron chi connectivity index (χ4n) is 2.04. The number of aromatic nitrogens is 2. The van der Waals surface area contributed by atoms with Gasteiger partial charge in [-0.05, 0) is 22.8 Å². The fourth-order valence-corrected chi connectivity index (χ4v) is 2.04. The molecule has 0 saturated carbocycles. The van der Waals surface area contributed by atoms with E-state index in [-0.39, 0.29) is 23.3 Å². The van der Waals surface area contributed by atoms with Crippen molar-refractivity contribution in [3.05, 3.63) is 22.2 Å². The molecule has 2 N–H and O–H groups in total. The Morgan fingerprint density at radius 2 is 2.19 bits per heavy atom. The van der Waals surface area contributed by atoms with Crippen LogP contribution in [0, 0.1) is 16.0 Å². The van der Waals surface area contributed by atoms with Crippen molar-refractivity contribution in [2.24, 2.45) is 5.92 Å². The molecule has 21 heavy (non-hydrogen) atoms. The molecule has 0 fully saturated rings. The highest BCUT2D eigenvalue weighted by atomic mass is 16.6. The molecule has 0 bridgehead atoms. The van der Waals surface area contributed by atoms with Crippen molar-refractivity contribution in [3.8, 4) is 0 Å². The van der Waals surface area contributed by atoms with E-state index < -0.39 is 16.8 Å². The van der Waals surface area contributed by atoms with Gasteiger partial charge in [-0.1, -0.05) is 13.3 Å². The molecule has 2 aromatic rings. The maximum atomic E-state index is 11.1. The minimum atomic E-state index is -0.888.